The van der Waals surface area contributed by atoms with Crippen molar-refractivity contribution in [1.82, 2.24) is 4.98 Å². The van der Waals surface area contributed by atoms with Gasteiger partial charge in [0, 0.05) is 24.1 Å². The first kappa shape index (κ1) is 16.7. The van der Waals surface area contributed by atoms with E-state index in [0.717, 1.165) is 0 Å². The fourth-order valence-electron chi connectivity index (χ4n) is 2.73. The van der Waals surface area contributed by atoms with Crippen LogP contribution in [0, 0.1) is 5.82 Å². The molecular weight excluding hydrogens is 347 g/mol. The molecule has 4 rings (SSSR count). The van der Waals surface area contributed by atoms with Crippen molar-refractivity contribution >= 4 is 22.6 Å². The van der Waals surface area contributed by atoms with Crippen LogP contribution in [0.5, 0.6) is 0 Å². The smallest absolute Gasteiger partial charge is 0.257 e. The highest BCUT2D eigenvalue weighted by Gasteiger charge is 2.12. The Balaban J connectivity index is 1.71. The van der Waals surface area contributed by atoms with Crippen molar-refractivity contribution in [1.29, 1.82) is 0 Å². The van der Waals surface area contributed by atoms with Crippen LogP contribution in [-0.2, 0) is 0 Å². The molecule has 0 unspecified atom stereocenters. The zero-order valence-corrected chi connectivity index (χ0v) is 14.0. The van der Waals surface area contributed by atoms with Crippen LogP contribution in [0.25, 0.3) is 22.3 Å². The lowest BCUT2D eigenvalue weighted by molar-refractivity contribution is 0.102. The molecule has 0 saturated heterocycles. The Morgan fingerprint density at radius 2 is 1.89 bits per heavy atom. The van der Waals surface area contributed by atoms with Gasteiger partial charge in [-0.25, -0.2) is 4.39 Å². The first-order chi connectivity index (χ1) is 13.1. The quantitative estimate of drug-likeness (QED) is 0.593. The number of hydrogen-bond acceptors (Lipinski definition) is 4. The molecule has 0 radical (unpaired) electrons. The largest absolute Gasteiger partial charge is 0.456 e. The second-order valence-electron chi connectivity index (χ2n) is 5.86. The summed E-state index contributed by atoms with van der Waals surface area (Å²) in [5.41, 5.74) is 1.04. The van der Waals surface area contributed by atoms with Gasteiger partial charge in [0.25, 0.3) is 5.91 Å². The Morgan fingerprint density at radius 3 is 2.67 bits per heavy atom. The minimum Gasteiger partial charge on any atom is -0.456 e. The van der Waals surface area contributed by atoms with E-state index in [0.29, 0.717) is 22.2 Å². The number of nitrogens with zero attached hydrogens (tertiary/aromatic N) is 1. The molecule has 132 valence electrons. The van der Waals surface area contributed by atoms with Crippen LogP contribution in [0.2, 0.25) is 0 Å². The number of fused-ring (bicyclic) bond motifs is 1. The van der Waals surface area contributed by atoms with Crippen molar-refractivity contribution in [2.24, 2.45) is 0 Å². The summed E-state index contributed by atoms with van der Waals surface area (Å²) in [7, 11) is 0. The van der Waals surface area contributed by atoms with Crippen molar-refractivity contribution in [3.05, 3.63) is 94.7 Å². The summed E-state index contributed by atoms with van der Waals surface area (Å²) >= 11 is 0. The van der Waals surface area contributed by atoms with Gasteiger partial charge < -0.3 is 9.73 Å². The Bertz CT molecular complexity index is 1200. The maximum Gasteiger partial charge on any atom is 0.257 e. The molecule has 0 atom stereocenters. The van der Waals surface area contributed by atoms with Crippen LogP contribution in [0.15, 0.2) is 82.3 Å². The summed E-state index contributed by atoms with van der Waals surface area (Å²) in [5.74, 6) is -0.659. The highest BCUT2D eigenvalue weighted by molar-refractivity contribution is 6.04. The van der Waals surface area contributed by atoms with Crippen LogP contribution in [-0.4, -0.2) is 10.9 Å². The van der Waals surface area contributed by atoms with E-state index in [1.807, 2.05) is 0 Å². The van der Waals surface area contributed by atoms with Gasteiger partial charge in [0.1, 0.15) is 17.2 Å². The molecule has 2 aromatic carbocycles. The van der Waals surface area contributed by atoms with E-state index in [1.54, 1.807) is 48.7 Å². The summed E-state index contributed by atoms with van der Waals surface area (Å²) in [5, 5.41) is 3.00. The standard InChI is InChI=1S/C21H13FN2O3/c22-17-6-2-1-5-15(17)20-11-18(25)16-10-14(7-8-19(16)27-20)24-21(26)13-4-3-9-23-12-13/h1-12H,(H,24,26). The highest BCUT2D eigenvalue weighted by Crippen LogP contribution is 2.25. The van der Waals surface area contributed by atoms with Gasteiger partial charge in [0.05, 0.1) is 16.5 Å². The molecule has 5 nitrogen and oxygen atoms in total. The van der Waals surface area contributed by atoms with E-state index in [9.17, 15) is 14.0 Å². The number of aromatic nitrogens is 1. The molecule has 2 heterocycles. The van der Waals surface area contributed by atoms with Crippen molar-refractivity contribution in [3.63, 3.8) is 0 Å². The minimum atomic E-state index is -0.472. The Kier molecular flexibility index (Phi) is 4.22. The number of carbonyl (C=O) groups excluding carboxylic acids is 1. The van der Waals surface area contributed by atoms with E-state index < -0.39 is 5.82 Å². The lowest BCUT2D eigenvalue weighted by Crippen LogP contribution is -2.12. The summed E-state index contributed by atoms with van der Waals surface area (Å²) in [6, 6.07) is 15.3. The van der Waals surface area contributed by atoms with Crippen molar-refractivity contribution < 1.29 is 13.6 Å². The van der Waals surface area contributed by atoms with Crippen molar-refractivity contribution in [2.75, 3.05) is 5.32 Å². The Hall–Kier alpha value is -3.80. The summed E-state index contributed by atoms with van der Waals surface area (Å²) in [4.78, 5) is 28.6. The zero-order chi connectivity index (χ0) is 18.8. The number of nitrogens with one attached hydrogen (secondary N) is 1. The number of benzene rings is 2. The molecule has 0 bridgehead atoms. The number of rotatable bonds is 3. The molecular formula is C21H13FN2O3. The van der Waals surface area contributed by atoms with Gasteiger partial charge in [-0.1, -0.05) is 12.1 Å². The summed E-state index contributed by atoms with van der Waals surface area (Å²) in [6.07, 6.45) is 3.02. The van der Waals surface area contributed by atoms with Crippen molar-refractivity contribution in [3.8, 4) is 11.3 Å². The maximum absolute atomic E-state index is 14.0. The predicted octanol–water partition coefficient (Wildman–Crippen LogP) is 4.25. The van der Waals surface area contributed by atoms with Gasteiger partial charge in [-0.05, 0) is 42.5 Å². The van der Waals surface area contributed by atoms with Gasteiger partial charge >= 0.3 is 0 Å². The van der Waals surface area contributed by atoms with Gasteiger partial charge in [0.15, 0.2) is 5.43 Å². The fourth-order valence-corrected chi connectivity index (χ4v) is 2.73. The van der Waals surface area contributed by atoms with E-state index >= 15 is 0 Å². The molecule has 6 heteroatoms. The second-order valence-corrected chi connectivity index (χ2v) is 5.86. The molecule has 27 heavy (non-hydrogen) atoms. The molecule has 0 saturated carbocycles. The Labute approximate surface area is 153 Å². The summed E-state index contributed by atoms with van der Waals surface area (Å²) < 4.78 is 19.7. The second kappa shape index (κ2) is 6.84. The lowest BCUT2D eigenvalue weighted by atomic mass is 10.1. The van der Waals surface area contributed by atoms with Crippen LogP contribution < -0.4 is 10.7 Å². The molecule has 0 spiro atoms. The number of amides is 1. The summed E-state index contributed by atoms with van der Waals surface area (Å²) in [6.45, 7) is 0. The van der Waals surface area contributed by atoms with E-state index in [-0.39, 0.29) is 22.7 Å². The molecule has 0 fully saturated rings. The first-order valence-electron chi connectivity index (χ1n) is 8.16. The van der Waals surface area contributed by atoms with Gasteiger partial charge in [-0.3, -0.25) is 14.6 Å². The van der Waals surface area contributed by atoms with Gasteiger partial charge in [-0.2, -0.15) is 0 Å². The molecule has 0 aliphatic carbocycles. The molecule has 4 aromatic rings. The van der Waals surface area contributed by atoms with Crippen LogP contribution >= 0.6 is 0 Å². The lowest BCUT2D eigenvalue weighted by Gasteiger charge is -2.07. The van der Waals surface area contributed by atoms with Crippen LogP contribution in [0.3, 0.4) is 0 Å². The average molecular weight is 360 g/mol. The molecule has 2 aromatic heterocycles. The third kappa shape index (κ3) is 3.32. The molecule has 1 amide bonds. The average Bonchev–Trinajstić information content (AvgIpc) is 2.69. The molecule has 0 aliphatic rings. The molecule has 0 aliphatic heterocycles. The maximum atomic E-state index is 14.0. The van der Waals surface area contributed by atoms with E-state index in [4.69, 9.17) is 4.42 Å². The van der Waals surface area contributed by atoms with Gasteiger partial charge in [0.2, 0.25) is 0 Å². The first-order valence-corrected chi connectivity index (χ1v) is 8.16. The van der Waals surface area contributed by atoms with Gasteiger partial charge in [-0.15, -0.1) is 0 Å². The number of hydrogen-bond donors (Lipinski definition) is 1. The number of pyridine rings is 1. The fraction of sp³-hybridized carbons (Fsp3) is 0. The van der Waals surface area contributed by atoms with E-state index in [2.05, 4.69) is 10.3 Å². The van der Waals surface area contributed by atoms with Crippen LogP contribution in [0.4, 0.5) is 10.1 Å². The minimum absolute atomic E-state index is 0.151. The van der Waals surface area contributed by atoms with E-state index in [1.165, 1.54) is 24.4 Å². The number of carbonyl (C=O) groups is 1. The number of halogens is 1. The molecule has 1 N–H and O–H groups in total. The predicted molar refractivity (Wildman–Crippen MR) is 100 cm³/mol. The monoisotopic (exact) mass is 360 g/mol. The van der Waals surface area contributed by atoms with Crippen LogP contribution in [0.1, 0.15) is 10.4 Å². The third-order valence-electron chi connectivity index (χ3n) is 4.05. The normalized spacial score (nSPS) is 10.7. The van der Waals surface area contributed by atoms with Crippen molar-refractivity contribution in [2.45, 2.75) is 0 Å². The highest BCUT2D eigenvalue weighted by atomic mass is 19.1. The zero-order valence-electron chi connectivity index (χ0n) is 14.0. The topological polar surface area (TPSA) is 72.2 Å². The SMILES string of the molecule is O=C(Nc1ccc2oc(-c3ccccc3F)cc(=O)c2c1)c1cccnc1. The third-order valence-corrected chi connectivity index (χ3v) is 4.05. The Morgan fingerprint density at radius 1 is 1.04 bits per heavy atom. The number of anilines is 1.